The number of carboxylic acids is 1. The number of amides is 1. The van der Waals surface area contributed by atoms with Crippen LogP contribution in [-0.2, 0) is 24.4 Å². The molecule has 1 aromatic carbocycles. The van der Waals surface area contributed by atoms with Gasteiger partial charge in [0.25, 0.3) is 0 Å². The van der Waals surface area contributed by atoms with E-state index in [4.69, 9.17) is 4.84 Å². The summed E-state index contributed by atoms with van der Waals surface area (Å²) in [6.07, 6.45) is 5.08. The highest BCUT2D eigenvalue weighted by Gasteiger charge is 2.44. The number of oxime groups is 1. The molecule has 0 saturated heterocycles. The van der Waals surface area contributed by atoms with Crippen molar-refractivity contribution in [2.24, 2.45) is 5.16 Å². The molecule has 0 spiro atoms. The van der Waals surface area contributed by atoms with Gasteiger partial charge in [-0.3, -0.25) is 4.79 Å². The number of aliphatic carboxylic acids is 1. The number of carbonyl (C=O) groups excluding carboxylic acids is 1. The van der Waals surface area contributed by atoms with Crippen molar-refractivity contribution in [2.45, 2.75) is 48.8 Å². The van der Waals surface area contributed by atoms with Crippen molar-refractivity contribution in [1.82, 2.24) is 20.0 Å². The Morgan fingerprint density at radius 1 is 1.24 bits per heavy atom. The van der Waals surface area contributed by atoms with Gasteiger partial charge >= 0.3 is 5.97 Å². The number of benzene rings is 1. The number of aromatic nitrogens is 2. The lowest BCUT2D eigenvalue weighted by Gasteiger charge is -2.31. The number of rotatable bonds is 13. The van der Waals surface area contributed by atoms with Crippen molar-refractivity contribution < 1.29 is 28.0 Å². The smallest absolute Gasteiger partial charge is 0.345 e. The van der Waals surface area contributed by atoms with E-state index in [0.717, 1.165) is 0 Å². The van der Waals surface area contributed by atoms with E-state index >= 15 is 0 Å². The van der Waals surface area contributed by atoms with Crippen molar-refractivity contribution in [1.29, 1.82) is 0 Å². The Labute approximate surface area is 190 Å². The zero-order valence-electron chi connectivity index (χ0n) is 17.7. The highest BCUT2D eigenvalue weighted by molar-refractivity contribution is 7.89. The minimum Gasteiger partial charge on any atom is -0.478 e. The predicted octanol–water partition coefficient (Wildman–Crippen LogP) is 1.03. The van der Waals surface area contributed by atoms with Crippen LogP contribution in [-0.4, -0.2) is 59.9 Å². The summed E-state index contributed by atoms with van der Waals surface area (Å²) in [5, 5.41) is 19.0. The molecule has 0 radical (unpaired) electrons. The fraction of sp³-hybridized carbons (Fsp3) is 0.400. The molecule has 0 bridgehead atoms. The van der Waals surface area contributed by atoms with Gasteiger partial charge in [0.05, 0.1) is 11.3 Å². The summed E-state index contributed by atoms with van der Waals surface area (Å²) < 4.78 is 28.1. The standard InChI is InChI=1S/C20H26N6O6S/c27-17(14-15-8-11-24-32-15)25-20(18(28)29,9-4-5-10-21-19-22-12-13-23-19)26-33(30,31)16-6-2-1-3-7-16/h1-3,6-7,11-13,15,26H,4-5,8-10,14H2,(H,25,27)(H,28,29)(H2,21,22,23). The zero-order chi connectivity index (χ0) is 23.7. The van der Waals surface area contributed by atoms with E-state index in [2.05, 4.69) is 30.5 Å². The maximum Gasteiger partial charge on any atom is 0.345 e. The normalized spacial score (nSPS) is 17.2. The summed E-state index contributed by atoms with van der Waals surface area (Å²) >= 11 is 0. The molecule has 13 heteroatoms. The first kappa shape index (κ1) is 24.2. The Morgan fingerprint density at radius 2 is 2.03 bits per heavy atom. The number of anilines is 1. The molecule has 1 amide bonds. The minimum atomic E-state index is -4.25. The SMILES string of the molecule is O=C(CC1CC=NO1)NC(CCCCNc1ncc[nH]1)(NS(=O)(=O)c1ccccc1)C(=O)O. The van der Waals surface area contributed by atoms with Crippen LogP contribution < -0.4 is 15.4 Å². The molecule has 178 valence electrons. The number of imidazole rings is 1. The summed E-state index contributed by atoms with van der Waals surface area (Å²) in [6.45, 7) is 0.468. The van der Waals surface area contributed by atoms with Crippen LogP contribution in [0.5, 0.6) is 0 Å². The van der Waals surface area contributed by atoms with E-state index in [0.29, 0.717) is 31.8 Å². The van der Waals surface area contributed by atoms with Gasteiger partial charge in [-0.2, -0.15) is 4.72 Å². The third kappa shape index (κ3) is 6.76. The molecular weight excluding hydrogens is 452 g/mol. The molecule has 0 aliphatic carbocycles. The molecule has 1 aliphatic rings. The van der Waals surface area contributed by atoms with Crippen molar-refractivity contribution in [3.8, 4) is 0 Å². The average Bonchev–Trinajstić information content (AvgIpc) is 3.48. The van der Waals surface area contributed by atoms with E-state index in [1.165, 1.54) is 30.5 Å². The fourth-order valence-electron chi connectivity index (χ4n) is 3.26. The summed E-state index contributed by atoms with van der Waals surface area (Å²) in [5.74, 6) is -1.62. The summed E-state index contributed by atoms with van der Waals surface area (Å²) in [7, 11) is -4.25. The van der Waals surface area contributed by atoms with Gasteiger partial charge in [-0.15, -0.1) is 0 Å². The first-order valence-corrected chi connectivity index (χ1v) is 11.8. The highest BCUT2D eigenvalue weighted by atomic mass is 32.2. The average molecular weight is 479 g/mol. The number of aromatic amines is 1. The zero-order valence-corrected chi connectivity index (χ0v) is 18.5. The largest absolute Gasteiger partial charge is 0.478 e. The number of carbonyl (C=O) groups is 2. The monoisotopic (exact) mass is 478 g/mol. The lowest BCUT2D eigenvalue weighted by atomic mass is 10.0. The molecule has 1 aliphatic heterocycles. The molecule has 1 aromatic heterocycles. The number of nitrogens with one attached hydrogen (secondary N) is 4. The first-order chi connectivity index (χ1) is 15.8. The Kier molecular flexibility index (Phi) is 8.01. The van der Waals surface area contributed by atoms with Crippen LogP contribution in [0.15, 0.2) is 52.8 Å². The van der Waals surface area contributed by atoms with E-state index in [9.17, 15) is 23.1 Å². The van der Waals surface area contributed by atoms with E-state index < -0.39 is 33.7 Å². The number of nitrogens with zero attached hydrogens (tertiary/aromatic N) is 2. The van der Waals surface area contributed by atoms with Gasteiger partial charge < -0.3 is 25.6 Å². The third-order valence-electron chi connectivity index (χ3n) is 4.92. The molecule has 12 nitrogen and oxygen atoms in total. The third-order valence-corrected chi connectivity index (χ3v) is 6.43. The van der Waals surface area contributed by atoms with Crippen LogP contribution in [0.25, 0.3) is 0 Å². The van der Waals surface area contributed by atoms with Gasteiger partial charge in [-0.05, 0) is 31.4 Å². The van der Waals surface area contributed by atoms with Gasteiger partial charge in [0, 0.05) is 31.6 Å². The van der Waals surface area contributed by atoms with Crippen molar-refractivity contribution in [3.05, 3.63) is 42.7 Å². The molecule has 2 unspecified atom stereocenters. The fourth-order valence-corrected chi connectivity index (χ4v) is 4.60. The van der Waals surface area contributed by atoms with E-state index in [1.807, 2.05) is 0 Å². The van der Waals surface area contributed by atoms with E-state index in [1.54, 1.807) is 18.5 Å². The van der Waals surface area contributed by atoms with Crippen molar-refractivity contribution >= 4 is 34.1 Å². The van der Waals surface area contributed by atoms with E-state index in [-0.39, 0.29) is 17.7 Å². The second-order valence-corrected chi connectivity index (χ2v) is 9.14. The van der Waals surface area contributed by atoms with Gasteiger partial charge in [0.2, 0.25) is 21.6 Å². The maximum atomic E-state index is 12.9. The second kappa shape index (κ2) is 10.9. The number of sulfonamides is 1. The number of carboxylic acid groups (broad SMARTS) is 1. The second-order valence-electron chi connectivity index (χ2n) is 7.45. The number of hydrogen-bond acceptors (Lipinski definition) is 8. The van der Waals surface area contributed by atoms with Crippen LogP contribution >= 0.6 is 0 Å². The number of unbranched alkanes of at least 4 members (excludes halogenated alkanes) is 1. The Morgan fingerprint density at radius 3 is 2.67 bits per heavy atom. The number of H-pyrrole nitrogens is 1. The first-order valence-electron chi connectivity index (χ1n) is 10.3. The Balaban J connectivity index is 1.72. The molecule has 33 heavy (non-hydrogen) atoms. The van der Waals surface area contributed by atoms with Crippen LogP contribution in [0.4, 0.5) is 5.95 Å². The van der Waals surface area contributed by atoms with Gasteiger partial charge in [-0.1, -0.05) is 23.4 Å². The molecule has 2 heterocycles. The molecule has 0 fully saturated rings. The minimum absolute atomic E-state index is 0.114. The Hall–Kier alpha value is -3.45. The maximum absolute atomic E-state index is 12.9. The molecule has 0 saturated carbocycles. The van der Waals surface area contributed by atoms with Gasteiger partial charge in [0.1, 0.15) is 6.10 Å². The molecular formula is C20H26N6O6S. The lowest BCUT2D eigenvalue weighted by molar-refractivity contribution is -0.149. The quantitative estimate of drug-likeness (QED) is 0.209. The van der Waals surface area contributed by atoms with Crippen LogP contribution in [0.1, 0.15) is 32.1 Å². The molecule has 5 N–H and O–H groups in total. The highest BCUT2D eigenvalue weighted by Crippen LogP contribution is 2.19. The van der Waals surface area contributed by atoms with Crippen LogP contribution in [0, 0.1) is 0 Å². The van der Waals surface area contributed by atoms with Crippen LogP contribution in [0.2, 0.25) is 0 Å². The topological polar surface area (TPSA) is 175 Å². The number of hydrogen-bond donors (Lipinski definition) is 5. The molecule has 2 atom stereocenters. The van der Waals surface area contributed by atoms with Crippen LogP contribution in [0.3, 0.4) is 0 Å². The Bertz CT molecular complexity index is 1050. The van der Waals surface area contributed by atoms with Crippen molar-refractivity contribution in [3.63, 3.8) is 0 Å². The summed E-state index contributed by atoms with van der Waals surface area (Å²) in [4.78, 5) is 36.8. The van der Waals surface area contributed by atoms with Gasteiger partial charge in [-0.25, -0.2) is 18.2 Å². The summed E-state index contributed by atoms with van der Waals surface area (Å²) in [6, 6.07) is 7.36. The van der Waals surface area contributed by atoms with Gasteiger partial charge in [0.15, 0.2) is 5.95 Å². The predicted molar refractivity (Wildman–Crippen MR) is 119 cm³/mol. The summed E-state index contributed by atoms with van der Waals surface area (Å²) in [5.41, 5.74) is -2.24. The lowest BCUT2D eigenvalue weighted by Crippen LogP contribution is -2.65. The molecule has 2 aromatic rings. The molecule has 3 rings (SSSR count). The van der Waals surface area contributed by atoms with Crippen molar-refractivity contribution in [2.75, 3.05) is 11.9 Å².